The fourth-order valence-corrected chi connectivity index (χ4v) is 3.98. The Morgan fingerprint density at radius 2 is 1.68 bits per heavy atom. The van der Waals surface area contributed by atoms with E-state index in [2.05, 4.69) is 0 Å². The van der Waals surface area contributed by atoms with Crippen molar-refractivity contribution in [2.45, 2.75) is 17.9 Å². The van der Waals surface area contributed by atoms with Gasteiger partial charge in [0.1, 0.15) is 12.2 Å². The van der Waals surface area contributed by atoms with E-state index >= 15 is 0 Å². The van der Waals surface area contributed by atoms with Gasteiger partial charge in [0.25, 0.3) is 0 Å². The SMILES string of the molecule is COc1cc2c(cc1OC)C1c3ccc(OC)c(O)c3OCC1(O)C2. The number of aromatic hydroxyl groups is 1. The van der Waals surface area contributed by atoms with E-state index in [1.165, 1.54) is 7.11 Å². The van der Waals surface area contributed by atoms with Gasteiger partial charge < -0.3 is 29.2 Å². The Kier molecular flexibility index (Phi) is 3.47. The van der Waals surface area contributed by atoms with Crippen molar-refractivity contribution in [2.75, 3.05) is 27.9 Å². The maximum atomic E-state index is 11.2. The zero-order valence-electron chi connectivity index (χ0n) is 14.3. The fourth-order valence-electron chi connectivity index (χ4n) is 3.98. The van der Waals surface area contributed by atoms with E-state index in [4.69, 9.17) is 18.9 Å². The first kappa shape index (κ1) is 15.9. The van der Waals surface area contributed by atoms with Gasteiger partial charge in [-0.15, -0.1) is 0 Å². The Labute approximate surface area is 145 Å². The maximum Gasteiger partial charge on any atom is 0.201 e. The van der Waals surface area contributed by atoms with Crippen LogP contribution in [-0.2, 0) is 6.42 Å². The van der Waals surface area contributed by atoms with Gasteiger partial charge in [-0.1, -0.05) is 6.07 Å². The summed E-state index contributed by atoms with van der Waals surface area (Å²) in [6.45, 7) is 0.0880. The van der Waals surface area contributed by atoms with Gasteiger partial charge >= 0.3 is 0 Å². The molecule has 0 spiro atoms. The Bertz CT molecular complexity index is 846. The number of rotatable bonds is 3. The van der Waals surface area contributed by atoms with Gasteiger partial charge in [-0.2, -0.15) is 0 Å². The molecule has 0 saturated carbocycles. The number of aliphatic hydroxyl groups is 1. The van der Waals surface area contributed by atoms with Crippen molar-refractivity contribution in [3.8, 4) is 28.7 Å². The Balaban J connectivity index is 1.91. The summed E-state index contributed by atoms with van der Waals surface area (Å²) in [5, 5.41) is 21.6. The van der Waals surface area contributed by atoms with E-state index in [9.17, 15) is 10.2 Å². The molecule has 0 bridgehead atoms. The molecule has 1 aliphatic heterocycles. The van der Waals surface area contributed by atoms with Gasteiger partial charge in [0, 0.05) is 17.9 Å². The predicted molar refractivity (Wildman–Crippen MR) is 90.2 cm³/mol. The third-order valence-corrected chi connectivity index (χ3v) is 5.11. The molecule has 6 heteroatoms. The van der Waals surface area contributed by atoms with Crippen LogP contribution in [0.25, 0.3) is 0 Å². The Morgan fingerprint density at radius 3 is 2.36 bits per heavy atom. The number of phenols is 1. The molecule has 2 aromatic rings. The molecule has 4 rings (SSSR count). The van der Waals surface area contributed by atoms with Crippen LogP contribution >= 0.6 is 0 Å². The largest absolute Gasteiger partial charge is 0.502 e. The van der Waals surface area contributed by atoms with Crippen molar-refractivity contribution in [2.24, 2.45) is 0 Å². The highest BCUT2D eigenvalue weighted by molar-refractivity contribution is 5.63. The molecule has 0 fully saturated rings. The zero-order valence-corrected chi connectivity index (χ0v) is 14.3. The zero-order chi connectivity index (χ0) is 17.8. The summed E-state index contributed by atoms with van der Waals surface area (Å²) in [6, 6.07) is 7.30. The lowest BCUT2D eigenvalue weighted by Gasteiger charge is -2.36. The van der Waals surface area contributed by atoms with Crippen LogP contribution in [0, 0.1) is 0 Å². The molecule has 2 atom stereocenters. The molecule has 0 saturated heterocycles. The molecule has 132 valence electrons. The summed E-state index contributed by atoms with van der Waals surface area (Å²) in [5.41, 5.74) is 1.59. The van der Waals surface area contributed by atoms with Crippen molar-refractivity contribution < 1.29 is 29.2 Å². The van der Waals surface area contributed by atoms with Gasteiger partial charge in [-0.05, 0) is 29.3 Å². The molecule has 1 aliphatic carbocycles. The third kappa shape index (κ3) is 2.14. The summed E-state index contributed by atoms with van der Waals surface area (Å²) in [5.74, 6) is 1.57. The average Bonchev–Trinajstić information content (AvgIpc) is 2.92. The van der Waals surface area contributed by atoms with E-state index in [0.717, 1.165) is 16.7 Å². The quantitative estimate of drug-likeness (QED) is 0.889. The van der Waals surface area contributed by atoms with Crippen molar-refractivity contribution >= 4 is 0 Å². The lowest BCUT2D eigenvalue weighted by molar-refractivity contribution is -0.0228. The minimum Gasteiger partial charge on any atom is -0.502 e. The van der Waals surface area contributed by atoms with Crippen LogP contribution in [0.15, 0.2) is 24.3 Å². The molecular formula is C19H20O6. The number of phenolic OH excluding ortho intramolecular Hbond substituents is 1. The number of hydrogen-bond donors (Lipinski definition) is 2. The van der Waals surface area contributed by atoms with Crippen molar-refractivity contribution in [1.29, 1.82) is 0 Å². The van der Waals surface area contributed by atoms with Crippen LogP contribution in [0.3, 0.4) is 0 Å². The van der Waals surface area contributed by atoms with Crippen LogP contribution in [-0.4, -0.2) is 43.8 Å². The first-order valence-corrected chi connectivity index (χ1v) is 8.02. The van der Waals surface area contributed by atoms with E-state index in [0.29, 0.717) is 29.4 Å². The normalized spacial score (nSPS) is 23.1. The molecule has 25 heavy (non-hydrogen) atoms. The third-order valence-electron chi connectivity index (χ3n) is 5.11. The lowest BCUT2D eigenvalue weighted by Crippen LogP contribution is -2.43. The van der Waals surface area contributed by atoms with Gasteiger partial charge in [-0.3, -0.25) is 0 Å². The molecule has 0 radical (unpaired) electrons. The molecule has 0 amide bonds. The standard InChI is InChI=1S/C19H20O6/c1-22-13-5-4-11-16-12-7-15(24-3)14(23-2)6-10(12)8-19(16,21)9-25-18(11)17(13)20/h4-7,16,20-21H,8-9H2,1-3H3. The number of ether oxygens (including phenoxy) is 4. The summed E-state index contributed by atoms with van der Waals surface area (Å²) in [6.07, 6.45) is 0.444. The van der Waals surface area contributed by atoms with Crippen LogP contribution in [0.2, 0.25) is 0 Å². The summed E-state index contributed by atoms with van der Waals surface area (Å²) in [4.78, 5) is 0. The van der Waals surface area contributed by atoms with Crippen LogP contribution in [0.5, 0.6) is 28.7 Å². The van der Waals surface area contributed by atoms with Gasteiger partial charge in [-0.25, -0.2) is 0 Å². The van der Waals surface area contributed by atoms with Crippen LogP contribution in [0.4, 0.5) is 0 Å². The smallest absolute Gasteiger partial charge is 0.201 e. The summed E-state index contributed by atoms with van der Waals surface area (Å²) >= 11 is 0. The maximum absolute atomic E-state index is 11.2. The molecule has 1 heterocycles. The first-order chi connectivity index (χ1) is 12.0. The van der Waals surface area contributed by atoms with Crippen molar-refractivity contribution in [3.63, 3.8) is 0 Å². The summed E-state index contributed by atoms with van der Waals surface area (Å²) in [7, 11) is 4.66. The van der Waals surface area contributed by atoms with E-state index < -0.39 is 5.60 Å². The first-order valence-electron chi connectivity index (χ1n) is 8.02. The highest BCUT2D eigenvalue weighted by Gasteiger charge is 2.51. The molecule has 2 aliphatic rings. The average molecular weight is 344 g/mol. The van der Waals surface area contributed by atoms with Gasteiger partial charge in [0.15, 0.2) is 23.0 Å². The second-order valence-corrected chi connectivity index (χ2v) is 6.44. The predicted octanol–water partition coefficient (Wildman–Crippen LogP) is 2.23. The molecular weight excluding hydrogens is 324 g/mol. The monoisotopic (exact) mass is 344 g/mol. The Hall–Kier alpha value is -2.60. The second kappa shape index (κ2) is 5.46. The van der Waals surface area contributed by atoms with E-state index in [1.807, 2.05) is 18.2 Å². The molecule has 6 nitrogen and oxygen atoms in total. The molecule has 2 N–H and O–H groups in total. The number of methoxy groups -OCH3 is 3. The highest BCUT2D eigenvalue weighted by Crippen LogP contribution is 2.55. The van der Waals surface area contributed by atoms with Crippen molar-refractivity contribution in [1.82, 2.24) is 0 Å². The lowest BCUT2D eigenvalue weighted by atomic mass is 9.80. The highest BCUT2D eigenvalue weighted by atomic mass is 16.5. The number of hydrogen-bond acceptors (Lipinski definition) is 6. The van der Waals surface area contributed by atoms with Gasteiger partial charge in [0.2, 0.25) is 5.75 Å². The minimum absolute atomic E-state index is 0.0454. The fraction of sp³-hybridized carbons (Fsp3) is 0.368. The topological polar surface area (TPSA) is 77.4 Å². The Morgan fingerprint density at radius 1 is 1.00 bits per heavy atom. The number of benzene rings is 2. The van der Waals surface area contributed by atoms with Crippen LogP contribution < -0.4 is 18.9 Å². The molecule has 2 aromatic carbocycles. The van der Waals surface area contributed by atoms with E-state index in [1.54, 1.807) is 20.3 Å². The molecule has 0 aromatic heterocycles. The minimum atomic E-state index is -1.08. The second-order valence-electron chi connectivity index (χ2n) is 6.44. The molecule has 2 unspecified atom stereocenters. The summed E-state index contributed by atoms with van der Waals surface area (Å²) < 4.78 is 21.7. The number of fused-ring (bicyclic) bond motifs is 5. The van der Waals surface area contributed by atoms with E-state index in [-0.39, 0.29) is 18.3 Å². The van der Waals surface area contributed by atoms with Gasteiger partial charge in [0.05, 0.1) is 21.3 Å². The van der Waals surface area contributed by atoms with Crippen LogP contribution in [0.1, 0.15) is 22.6 Å². The van der Waals surface area contributed by atoms with Crippen molar-refractivity contribution in [3.05, 3.63) is 41.0 Å².